The molecule has 1 aliphatic rings. The summed E-state index contributed by atoms with van der Waals surface area (Å²) in [6.07, 6.45) is 1.24. The van der Waals surface area contributed by atoms with E-state index in [4.69, 9.17) is 5.73 Å². The van der Waals surface area contributed by atoms with Gasteiger partial charge in [-0.15, -0.1) is 0 Å². The van der Waals surface area contributed by atoms with E-state index in [0.29, 0.717) is 12.0 Å². The van der Waals surface area contributed by atoms with Crippen LogP contribution in [0.25, 0.3) is 10.8 Å². The van der Waals surface area contributed by atoms with Gasteiger partial charge < -0.3 is 5.73 Å². The number of nitrogens with two attached hydrogens (primary N) is 1. The normalized spacial score (nSPS) is 21.9. The Labute approximate surface area is 115 Å². The van der Waals surface area contributed by atoms with E-state index in [1.807, 2.05) is 0 Å². The first-order chi connectivity index (χ1) is 9.29. The highest BCUT2D eigenvalue weighted by Crippen LogP contribution is 2.31. The number of fused-ring (bicyclic) bond motifs is 1. The summed E-state index contributed by atoms with van der Waals surface area (Å²) in [4.78, 5) is 2.57. The van der Waals surface area contributed by atoms with Crippen molar-refractivity contribution < 1.29 is 0 Å². The van der Waals surface area contributed by atoms with Gasteiger partial charge >= 0.3 is 0 Å². The standard InChI is InChI=1S/C17H22N2/c1-13(19-10-9-14(11-18)12-19)16-8-4-6-15-5-2-3-7-17(15)16/h2-8,13-14H,9-12,18H2,1H3. The van der Waals surface area contributed by atoms with Crippen LogP contribution in [-0.2, 0) is 0 Å². The Morgan fingerprint density at radius 1 is 1.21 bits per heavy atom. The van der Waals surface area contributed by atoms with Crippen molar-refractivity contribution >= 4 is 10.8 Å². The Balaban J connectivity index is 1.92. The van der Waals surface area contributed by atoms with Gasteiger partial charge in [0.25, 0.3) is 0 Å². The molecule has 0 spiro atoms. The smallest absolute Gasteiger partial charge is 0.0326 e. The Kier molecular flexibility index (Phi) is 3.54. The minimum Gasteiger partial charge on any atom is -0.330 e. The van der Waals surface area contributed by atoms with E-state index in [2.05, 4.69) is 54.3 Å². The highest BCUT2D eigenvalue weighted by Gasteiger charge is 2.26. The summed E-state index contributed by atoms with van der Waals surface area (Å²) in [5.74, 6) is 0.678. The Hall–Kier alpha value is -1.38. The quantitative estimate of drug-likeness (QED) is 0.911. The molecule has 2 unspecified atom stereocenters. The summed E-state index contributed by atoms with van der Waals surface area (Å²) in [6.45, 7) is 5.45. The van der Waals surface area contributed by atoms with E-state index in [0.717, 1.165) is 13.1 Å². The zero-order chi connectivity index (χ0) is 13.2. The molecule has 2 atom stereocenters. The summed E-state index contributed by atoms with van der Waals surface area (Å²) in [5.41, 5.74) is 7.24. The number of benzene rings is 2. The van der Waals surface area contributed by atoms with E-state index < -0.39 is 0 Å². The van der Waals surface area contributed by atoms with E-state index in [1.165, 1.54) is 29.3 Å². The molecule has 1 fully saturated rings. The van der Waals surface area contributed by atoms with Gasteiger partial charge in [0.2, 0.25) is 0 Å². The monoisotopic (exact) mass is 254 g/mol. The molecule has 1 aliphatic heterocycles. The minimum atomic E-state index is 0.475. The van der Waals surface area contributed by atoms with Crippen LogP contribution in [0.3, 0.4) is 0 Å². The lowest BCUT2D eigenvalue weighted by Gasteiger charge is -2.26. The molecule has 0 bridgehead atoms. The average Bonchev–Trinajstić information content (AvgIpc) is 2.95. The SMILES string of the molecule is CC(c1cccc2ccccc12)N1CCC(CN)C1. The van der Waals surface area contributed by atoms with Crippen LogP contribution in [0, 0.1) is 5.92 Å². The van der Waals surface area contributed by atoms with Crippen molar-refractivity contribution in [2.75, 3.05) is 19.6 Å². The van der Waals surface area contributed by atoms with Gasteiger partial charge in [0, 0.05) is 12.6 Å². The molecule has 0 saturated carbocycles. The molecule has 2 nitrogen and oxygen atoms in total. The Bertz CT molecular complexity index is 559. The molecular formula is C17H22N2. The van der Waals surface area contributed by atoms with E-state index in [9.17, 15) is 0 Å². The summed E-state index contributed by atoms with van der Waals surface area (Å²) < 4.78 is 0. The number of likely N-dealkylation sites (tertiary alicyclic amines) is 1. The molecule has 0 aliphatic carbocycles. The van der Waals surface area contributed by atoms with E-state index >= 15 is 0 Å². The minimum absolute atomic E-state index is 0.475. The topological polar surface area (TPSA) is 29.3 Å². The third-order valence-corrected chi connectivity index (χ3v) is 4.47. The van der Waals surface area contributed by atoms with Crippen LogP contribution in [-0.4, -0.2) is 24.5 Å². The van der Waals surface area contributed by atoms with Gasteiger partial charge in [0.1, 0.15) is 0 Å². The first-order valence-corrected chi connectivity index (χ1v) is 7.21. The van der Waals surface area contributed by atoms with Crippen molar-refractivity contribution in [3.05, 3.63) is 48.0 Å². The number of hydrogen-bond acceptors (Lipinski definition) is 2. The van der Waals surface area contributed by atoms with Crippen molar-refractivity contribution in [3.63, 3.8) is 0 Å². The van der Waals surface area contributed by atoms with Crippen LogP contribution in [0.5, 0.6) is 0 Å². The summed E-state index contributed by atoms with van der Waals surface area (Å²) in [5, 5.41) is 2.72. The third-order valence-electron chi connectivity index (χ3n) is 4.47. The lowest BCUT2D eigenvalue weighted by Crippen LogP contribution is -2.26. The van der Waals surface area contributed by atoms with Crippen LogP contribution in [0.1, 0.15) is 24.9 Å². The van der Waals surface area contributed by atoms with Gasteiger partial charge in [0.15, 0.2) is 0 Å². The first kappa shape index (κ1) is 12.6. The molecule has 2 heteroatoms. The molecule has 0 amide bonds. The Morgan fingerprint density at radius 2 is 2.00 bits per heavy atom. The maximum atomic E-state index is 5.80. The van der Waals surface area contributed by atoms with Crippen LogP contribution >= 0.6 is 0 Å². The van der Waals surface area contributed by atoms with Gasteiger partial charge in [-0.2, -0.15) is 0 Å². The highest BCUT2D eigenvalue weighted by molar-refractivity contribution is 5.86. The molecule has 2 N–H and O–H groups in total. The van der Waals surface area contributed by atoms with Gasteiger partial charge in [-0.3, -0.25) is 4.90 Å². The summed E-state index contributed by atoms with van der Waals surface area (Å²) in [7, 11) is 0. The van der Waals surface area contributed by atoms with Crippen LogP contribution < -0.4 is 5.73 Å². The summed E-state index contributed by atoms with van der Waals surface area (Å²) in [6, 6.07) is 15.8. The van der Waals surface area contributed by atoms with Gasteiger partial charge in [-0.1, -0.05) is 42.5 Å². The average molecular weight is 254 g/mol. The zero-order valence-electron chi connectivity index (χ0n) is 11.5. The highest BCUT2D eigenvalue weighted by atomic mass is 15.2. The second-order valence-electron chi connectivity index (χ2n) is 5.63. The predicted octanol–water partition coefficient (Wildman–Crippen LogP) is 3.18. The van der Waals surface area contributed by atoms with Gasteiger partial charge in [-0.25, -0.2) is 0 Å². The maximum Gasteiger partial charge on any atom is 0.0326 e. The first-order valence-electron chi connectivity index (χ1n) is 7.21. The largest absolute Gasteiger partial charge is 0.330 e. The number of hydrogen-bond donors (Lipinski definition) is 1. The van der Waals surface area contributed by atoms with Crippen LogP contribution in [0.4, 0.5) is 0 Å². The summed E-state index contributed by atoms with van der Waals surface area (Å²) >= 11 is 0. The Morgan fingerprint density at radius 3 is 2.79 bits per heavy atom. The molecule has 0 aromatic heterocycles. The molecular weight excluding hydrogens is 232 g/mol. The van der Waals surface area contributed by atoms with Crippen molar-refractivity contribution in [3.8, 4) is 0 Å². The molecule has 19 heavy (non-hydrogen) atoms. The molecule has 0 radical (unpaired) electrons. The van der Waals surface area contributed by atoms with Crippen molar-refractivity contribution in [2.24, 2.45) is 11.7 Å². The second-order valence-corrected chi connectivity index (χ2v) is 5.63. The molecule has 2 aromatic rings. The van der Waals surface area contributed by atoms with Crippen LogP contribution in [0.15, 0.2) is 42.5 Å². The fourth-order valence-corrected chi connectivity index (χ4v) is 3.22. The molecule has 1 saturated heterocycles. The maximum absolute atomic E-state index is 5.80. The van der Waals surface area contributed by atoms with Crippen molar-refractivity contribution in [2.45, 2.75) is 19.4 Å². The van der Waals surface area contributed by atoms with E-state index in [-0.39, 0.29) is 0 Å². The zero-order valence-corrected chi connectivity index (χ0v) is 11.5. The van der Waals surface area contributed by atoms with Crippen LogP contribution in [0.2, 0.25) is 0 Å². The fraction of sp³-hybridized carbons (Fsp3) is 0.412. The molecule has 2 aromatic carbocycles. The van der Waals surface area contributed by atoms with Crippen molar-refractivity contribution in [1.29, 1.82) is 0 Å². The lowest BCUT2D eigenvalue weighted by molar-refractivity contribution is 0.255. The number of nitrogens with zero attached hydrogens (tertiary/aromatic N) is 1. The predicted molar refractivity (Wildman–Crippen MR) is 81.1 cm³/mol. The molecule has 100 valence electrons. The van der Waals surface area contributed by atoms with E-state index in [1.54, 1.807) is 0 Å². The second kappa shape index (κ2) is 5.32. The third kappa shape index (κ3) is 2.38. The van der Waals surface area contributed by atoms with Crippen molar-refractivity contribution in [1.82, 2.24) is 4.90 Å². The van der Waals surface area contributed by atoms with Gasteiger partial charge in [-0.05, 0) is 48.7 Å². The number of rotatable bonds is 3. The lowest BCUT2D eigenvalue weighted by atomic mass is 9.99. The fourth-order valence-electron chi connectivity index (χ4n) is 3.22. The van der Waals surface area contributed by atoms with Gasteiger partial charge in [0.05, 0.1) is 0 Å². The molecule has 1 heterocycles. The molecule has 3 rings (SSSR count).